The number of benzene rings is 2. The van der Waals surface area contributed by atoms with Crippen LogP contribution in [0.2, 0.25) is 5.02 Å². The van der Waals surface area contributed by atoms with E-state index in [1.165, 1.54) is 0 Å². The van der Waals surface area contributed by atoms with Gasteiger partial charge >= 0.3 is 0 Å². The molecule has 3 rings (SSSR count). The van der Waals surface area contributed by atoms with Crippen LogP contribution in [0.1, 0.15) is 24.0 Å². The fourth-order valence-electron chi connectivity index (χ4n) is 2.39. The van der Waals surface area contributed by atoms with Crippen molar-refractivity contribution in [1.82, 2.24) is 0 Å². The van der Waals surface area contributed by atoms with Crippen molar-refractivity contribution < 1.29 is 14.3 Å². The van der Waals surface area contributed by atoms with Crippen LogP contribution < -0.4 is 9.47 Å². The molecule has 124 valence electrons. The number of hydrogen-bond acceptors (Lipinski definition) is 3. The fraction of sp³-hybridized carbons (Fsp3) is 0.250. The van der Waals surface area contributed by atoms with Gasteiger partial charge in [-0.15, -0.1) is 0 Å². The zero-order valence-electron chi connectivity index (χ0n) is 13.5. The number of carbonyl (C=O) groups is 1. The highest BCUT2D eigenvalue weighted by atomic mass is 35.5. The Morgan fingerprint density at radius 1 is 1.21 bits per heavy atom. The van der Waals surface area contributed by atoms with E-state index in [1.807, 2.05) is 36.4 Å². The summed E-state index contributed by atoms with van der Waals surface area (Å²) >= 11 is 5.87. The summed E-state index contributed by atoms with van der Waals surface area (Å²) in [6.07, 6.45) is 5.56. The summed E-state index contributed by atoms with van der Waals surface area (Å²) in [5.41, 5.74) is 1.88. The first-order valence-corrected chi connectivity index (χ1v) is 8.31. The molecule has 0 unspecified atom stereocenters. The molecular formula is C20H19ClO3. The van der Waals surface area contributed by atoms with E-state index < -0.39 is 0 Å². The standard InChI is InChI=1S/C20H19ClO3/c1-23-20-11-3-14(2-10-19(22)15-4-5-15)12-16(20)13-24-18-8-6-17(21)7-9-18/h2-3,6-12,15H,4-5,13H2,1H3/b10-2+. The van der Waals surface area contributed by atoms with E-state index in [9.17, 15) is 4.79 Å². The van der Waals surface area contributed by atoms with Crippen LogP contribution in [0, 0.1) is 5.92 Å². The molecule has 0 heterocycles. The lowest BCUT2D eigenvalue weighted by Crippen LogP contribution is -1.99. The normalized spacial score (nSPS) is 13.9. The van der Waals surface area contributed by atoms with Gasteiger partial charge in [-0.25, -0.2) is 0 Å². The van der Waals surface area contributed by atoms with Crippen LogP contribution in [0.15, 0.2) is 48.5 Å². The number of ether oxygens (including phenoxy) is 2. The third-order valence-electron chi connectivity index (χ3n) is 3.93. The van der Waals surface area contributed by atoms with E-state index in [2.05, 4.69) is 0 Å². The maximum atomic E-state index is 11.8. The molecule has 1 fully saturated rings. The molecule has 0 saturated heterocycles. The van der Waals surface area contributed by atoms with Gasteiger partial charge in [-0.3, -0.25) is 4.79 Å². The topological polar surface area (TPSA) is 35.5 Å². The van der Waals surface area contributed by atoms with Crippen LogP contribution in [-0.2, 0) is 11.4 Å². The monoisotopic (exact) mass is 342 g/mol. The van der Waals surface area contributed by atoms with Crippen LogP contribution in [0.5, 0.6) is 11.5 Å². The molecule has 0 spiro atoms. The van der Waals surface area contributed by atoms with Crippen molar-refractivity contribution in [3.05, 3.63) is 64.7 Å². The Morgan fingerprint density at radius 2 is 1.96 bits per heavy atom. The molecule has 0 N–H and O–H groups in total. The van der Waals surface area contributed by atoms with Crippen LogP contribution in [-0.4, -0.2) is 12.9 Å². The molecule has 4 heteroatoms. The van der Waals surface area contributed by atoms with Crippen molar-refractivity contribution in [2.24, 2.45) is 5.92 Å². The smallest absolute Gasteiger partial charge is 0.158 e. The maximum absolute atomic E-state index is 11.8. The third-order valence-corrected chi connectivity index (χ3v) is 4.18. The number of hydrogen-bond donors (Lipinski definition) is 0. The van der Waals surface area contributed by atoms with E-state index in [4.69, 9.17) is 21.1 Å². The van der Waals surface area contributed by atoms with E-state index in [1.54, 1.807) is 25.3 Å². The molecule has 0 radical (unpaired) electrons. The molecule has 0 aliphatic heterocycles. The second-order valence-electron chi connectivity index (χ2n) is 5.82. The van der Waals surface area contributed by atoms with E-state index in [0.717, 1.165) is 35.5 Å². The molecule has 24 heavy (non-hydrogen) atoms. The molecule has 1 aliphatic carbocycles. The number of carbonyl (C=O) groups excluding carboxylic acids is 1. The average molecular weight is 343 g/mol. The van der Waals surface area contributed by atoms with Crippen molar-refractivity contribution in [2.75, 3.05) is 7.11 Å². The predicted octanol–water partition coefficient (Wildman–Crippen LogP) is 4.92. The number of allylic oxidation sites excluding steroid dienone is 1. The maximum Gasteiger partial charge on any atom is 0.158 e. The minimum absolute atomic E-state index is 0.213. The summed E-state index contributed by atoms with van der Waals surface area (Å²) < 4.78 is 11.2. The summed E-state index contributed by atoms with van der Waals surface area (Å²) in [4.78, 5) is 11.8. The SMILES string of the molecule is COc1ccc(/C=C/C(=O)C2CC2)cc1COc1ccc(Cl)cc1. The third kappa shape index (κ3) is 4.39. The van der Waals surface area contributed by atoms with Crippen molar-refractivity contribution in [3.8, 4) is 11.5 Å². The van der Waals surface area contributed by atoms with Crippen molar-refractivity contribution in [1.29, 1.82) is 0 Å². The Labute approximate surface area is 146 Å². The van der Waals surface area contributed by atoms with Crippen LogP contribution in [0.25, 0.3) is 6.08 Å². The van der Waals surface area contributed by atoms with Crippen molar-refractivity contribution in [3.63, 3.8) is 0 Å². The molecule has 2 aromatic rings. The number of methoxy groups -OCH3 is 1. The zero-order valence-corrected chi connectivity index (χ0v) is 14.3. The predicted molar refractivity (Wildman–Crippen MR) is 95.5 cm³/mol. The van der Waals surface area contributed by atoms with Gasteiger partial charge in [-0.1, -0.05) is 23.7 Å². The molecule has 1 saturated carbocycles. The van der Waals surface area contributed by atoms with Gasteiger partial charge in [0.25, 0.3) is 0 Å². The average Bonchev–Trinajstić information content (AvgIpc) is 3.44. The van der Waals surface area contributed by atoms with Crippen LogP contribution in [0.3, 0.4) is 0 Å². The van der Waals surface area contributed by atoms with Gasteiger partial charge in [0.1, 0.15) is 18.1 Å². The molecule has 0 aromatic heterocycles. The Morgan fingerprint density at radius 3 is 2.62 bits per heavy atom. The van der Waals surface area contributed by atoms with Gasteiger partial charge in [0.2, 0.25) is 0 Å². The van der Waals surface area contributed by atoms with E-state index in [0.29, 0.717) is 11.6 Å². The number of halogens is 1. The lowest BCUT2D eigenvalue weighted by Gasteiger charge is -2.11. The van der Waals surface area contributed by atoms with E-state index in [-0.39, 0.29) is 11.7 Å². The molecule has 1 aliphatic rings. The van der Waals surface area contributed by atoms with Gasteiger partial charge in [-0.2, -0.15) is 0 Å². The van der Waals surface area contributed by atoms with Gasteiger partial charge in [0.15, 0.2) is 5.78 Å². The van der Waals surface area contributed by atoms with Gasteiger partial charge in [-0.05, 0) is 60.9 Å². The van der Waals surface area contributed by atoms with Gasteiger partial charge in [0, 0.05) is 16.5 Å². The second kappa shape index (κ2) is 7.54. The summed E-state index contributed by atoms with van der Waals surface area (Å²) in [6, 6.07) is 13.0. The first-order valence-electron chi connectivity index (χ1n) is 7.93. The minimum atomic E-state index is 0.213. The molecule has 0 bridgehead atoms. The highest BCUT2D eigenvalue weighted by Crippen LogP contribution is 2.30. The lowest BCUT2D eigenvalue weighted by atomic mass is 10.1. The molecule has 0 amide bonds. The highest BCUT2D eigenvalue weighted by molar-refractivity contribution is 6.30. The molecular weight excluding hydrogens is 324 g/mol. The first kappa shape index (κ1) is 16.6. The Hall–Kier alpha value is -2.26. The Bertz CT molecular complexity index is 746. The zero-order chi connectivity index (χ0) is 16.9. The number of rotatable bonds is 7. The number of ketones is 1. The largest absolute Gasteiger partial charge is 0.496 e. The van der Waals surface area contributed by atoms with Gasteiger partial charge < -0.3 is 9.47 Å². The first-order chi connectivity index (χ1) is 11.7. The quantitative estimate of drug-likeness (QED) is 0.670. The molecule has 2 aromatic carbocycles. The van der Waals surface area contributed by atoms with Crippen molar-refractivity contribution in [2.45, 2.75) is 19.4 Å². The summed E-state index contributed by atoms with van der Waals surface area (Å²) in [5, 5.41) is 0.674. The van der Waals surface area contributed by atoms with Gasteiger partial charge in [0.05, 0.1) is 7.11 Å². The molecule has 0 atom stereocenters. The second-order valence-corrected chi connectivity index (χ2v) is 6.26. The summed E-state index contributed by atoms with van der Waals surface area (Å²) in [5.74, 6) is 1.96. The van der Waals surface area contributed by atoms with Crippen molar-refractivity contribution >= 4 is 23.5 Å². The summed E-state index contributed by atoms with van der Waals surface area (Å²) in [6.45, 7) is 0.378. The minimum Gasteiger partial charge on any atom is -0.496 e. The highest BCUT2D eigenvalue weighted by Gasteiger charge is 2.27. The fourth-order valence-corrected chi connectivity index (χ4v) is 2.52. The Balaban J connectivity index is 1.71. The van der Waals surface area contributed by atoms with E-state index >= 15 is 0 Å². The lowest BCUT2D eigenvalue weighted by molar-refractivity contribution is -0.115. The van der Waals surface area contributed by atoms with Crippen LogP contribution in [0.4, 0.5) is 0 Å². The molecule has 3 nitrogen and oxygen atoms in total. The van der Waals surface area contributed by atoms with Crippen LogP contribution >= 0.6 is 11.6 Å². The summed E-state index contributed by atoms with van der Waals surface area (Å²) in [7, 11) is 1.63. The Kier molecular flexibility index (Phi) is 5.21.